The summed E-state index contributed by atoms with van der Waals surface area (Å²) in [7, 11) is 0. The maximum Gasteiger partial charge on any atom is 0.266 e. The number of alkyl halides is 2. The summed E-state index contributed by atoms with van der Waals surface area (Å²) >= 11 is 1.90. The van der Waals surface area contributed by atoms with Gasteiger partial charge in [0.15, 0.2) is 6.29 Å². The first-order valence-corrected chi connectivity index (χ1v) is 4.54. The Bertz CT molecular complexity index is 341. The number of carbonyl (C=O) groups excluding carboxylic acids is 1. The number of nitrogens with zero attached hydrogens (tertiary/aromatic N) is 1. The molecule has 0 unspecified atom stereocenters. The van der Waals surface area contributed by atoms with Crippen LogP contribution in [0.5, 0.6) is 0 Å². The molecule has 0 aromatic carbocycles. The Hall–Kier alpha value is -0.590. The van der Waals surface area contributed by atoms with Crippen molar-refractivity contribution in [2.45, 2.75) is 13.3 Å². The van der Waals surface area contributed by atoms with Crippen LogP contribution >= 0.6 is 22.6 Å². The normalized spacial score (nSPS) is 10.5. The van der Waals surface area contributed by atoms with Gasteiger partial charge in [0.1, 0.15) is 3.70 Å². The molecule has 0 aliphatic rings. The second-order valence-electron chi connectivity index (χ2n) is 2.46. The second-order valence-corrected chi connectivity index (χ2v) is 3.48. The van der Waals surface area contributed by atoms with Gasteiger partial charge in [-0.1, -0.05) is 0 Å². The molecule has 5 heteroatoms. The van der Waals surface area contributed by atoms with Gasteiger partial charge in [0, 0.05) is 17.3 Å². The van der Waals surface area contributed by atoms with Gasteiger partial charge in [-0.2, -0.15) is 0 Å². The van der Waals surface area contributed by atoms with Gasteiger partial charge in [0.2, 0.25) is 0 Å². The molecule has 0 amide bonds. The van der Waals surface area contributed by atoms with Crippen LogP contribution in [0, 0.1) is 10.6 Å². The van der Waals surface area contributed by atoms with Gasteiger partial charge in [0.25, 0.3) is 6.43 Å². The molecule has 1 aromatic rings. The molecule has 1 heterocycles. The van der Waals surface area contributed by atoms with Crippen molar-refractivity contribution < 1.29 is 13.6 Å². The maximum absolute atomic E-state index is 12.3. The van der Waals surface area contributed by atoms with Crippen LogP contribution in [-0.2, 0) is 0 Å². The second kappa shape index (κ2) is 4.08. The number of aldehydes is 1. The van der Waals surface area contributed by atoms with Crippen molar-refractivity contribution in [3.63, 3.8) is 0 Å². The lowest BCUT2D eigenvalue weighted by molar-refractivity contribution is 0.110. The van der Waals surface area contributed by atoms with Crippen LogP contribution in [0.4, 0.5) is 8.78 Å². The molecule has 0 atom stereocenters. The Morgan fingerprint density at radius 3 is 2.69 bits per heavy atom. The Kier molecular flexibility index (Phi) is 3.29. The molecule has 0 saturated heterocycles. The number of rotatable bonds is 2. The highest BCUT2D eigenvalue weighted by Gasteiger charge is 2.16. The van der Waals surface area contributed by atoms with Crippen LogP contribution in [0.1, 0.15) is 27.9 Å². The zero-order valence-electron chi connectivity index (χ0n) is 6.72. The summed E-state index contributed by atoms with van der Waals surface area (Å²) in [5.41, 5.74) is 0.260. The SMILES string of the molecule is Cc1c(I)ncc(C(F)F)c1C=O. The van der Waals surface area contributed by atoms with E-state index in [0.29, 0.717) is 15.6 Å². The molecule has 0 aliphatic carbocycles. The zero-order chi connectivity index (χ0) is 10.0. The van der Waals surface area contributed by atoms with Gasteiger partial charge in [-0.25, -0.2) is 13.8 Å². The van der Waals surface area contributed by atoms with Crippen LogP contribution in [-0.4, -0.2) is 11.3 Å². The molecule has 0 spiro atoms. The topological polar surface area (TPSA) is 30.0 Å². The quantitative estimate of drug-likeness (QED) is 0.477. The van der Waals surface area contributed by atoms with Crippen molar-refractivity contribution >= 4 is 28.9 Å². The lowest BCUT2D eigenvalue weighted by Gasteiger charge is -2.06. The summed E-state index contributed by atoms with van der Waals surface area (Å²) in [6.45, 7) is 1.60. The first kappa shape index (κ1) is 10.5. The highest BCUT2D eigenvalue weighted by Crippen LogP contribution is 2.24. The predicted octanol–water partition coefficient (Wildman–Crippen LogP) is 2.74. The van der Waals surface area contributed by atoms with Crippen molar-refractivity contribution in [1.82, 2.24) is 4.98 Å². The fraction of sp³-hybridized carbons (Fsp3) is 0.250. The highest BCUT2D eigenvalue weighted by molar-refractivity contribution is 14.1. The van der Waals surface area contributed by atoms with E-state index in [-0.39, 0.29) is 11.1 Å². The molecule has 0 radical (unpaired) electrons. The maximum atomic E-state index is 12.3. The third-order valence-corrected chi connectivity index (χ3v) is 2.78. The number of halogens is 3. The molecule has 70 valence electrons. The summed E-state index contributed by atoms with van der Waals surface area (Å²) in [6.07, 6.45) is -1.16. The van der Waals surface area contributed by atoms with Gasteiger partial charge in [-0.15, -0.1) is 0 Å². The van der Waals surface area contributed by atoms with Crippen molar-refractivity contribution in [3.05, 3.63) is 26.6 Å². The minimum atomic E-state index is -2.65. The lowest BCUT2D eigenvalue weighted by Crippen LogP contribution is -2.01. The van der Waals surface area contributed by atoms with Crippen molar-refractivity contribution in [2.75, 3.05) is 0 Å². The third-order valence-electron chi connectivity index (χ3n) is 1.69. The Labute approximate surface area is 87.5 Å². The van der Waals surface area contributed by atoms with E-state index in [0.717, 1.165) is 6.20 Å². The lowest BCUT2D eigenvalue weighted by atomic mass is 10.1. The van der Waals surface area contributed by atoms with E-state index < -0.39 is 6.43 Å². The minimum absolute atomic E-state index is 0.0504. The van der Waals surface area contributed by atoms with E-state index in [1.54, 1.807) is 6.92 Å². The smallest absolute Gasteiger partial charge is 0.266 e. The molecular weight excluding hydrogens is 291 g/mol. The molecule has 0 aliphatic heterocycles. The van der Waals surface area contributed by atoms with Crippen LogP contribution in [0.25, 0.3) is 0 Å². The Morgan fingerprint density at radius 2 is 2.23 bits per heavy atom. The first-order chi connectivity index (χ1) is 6.07. The van der Waals surface area contributed by atoms with E-state index in [9.17, 15) is 13.6 Å². The molecule has 0 bridgehead atoms. The fourth-order valence-electron chi connectivity index (χ4n) is 0.951. The van der Waals surface area contributed by atoms with E-state index in [4.69, 9.17) is 0 Å². The average molecular weight is 297 g/mol. The molecule has 0 N–H and O–H groups in total. The van der Waals surface area contributed by atoms with Gasteiger partial charge in [0.05, 0.1) is 0 Å². The Balaban J connectivity index is 3.38. The molecule has 0 saturated carbocycles. The average Bonchev–Trinajstić information content (AvgIpc) is 2.09. The number of hydrogen-bond acceptors (Lipinski definition) is 2. The molecule has 1 aromatic heterocycles. The van der Waals surface area contributed by atoms with Gasteiger partial charge < -0.3 is 0 Å². The summed E-state index contributed by atoms with van der Waals surface area (Å²) in [5, 5.41) is 0. The van der Waals surface area contributed by atoms with E-state index in [2.05, 4.69) is 4.98 Å². The van der Waals surface area contributed by atoms with E-state index >= 15 is 0 Å². The molecular formula is C8H6F2INO. The highest BCUT2D eigenvalue weighted by atomic mass is 127. The van der Waals surface area contributed by atoms with Gasteiger partial charge in [-0.3, -0.25) is 4.79 Å². The number of carbonyl (C=O) groups is 1. The van der Waals surface area contributed by atoms with Gasteiger partial charge >= 0.3 is 0 Å². The summed E-state index contributed by atoms with van der Waals surface area (Å²) < 4.78 is 25.2. The van der Waals surface area contributed by atoms with Gasteiger partial charge in [-0.05, 0) is 35.1 Å². The standard InChI is InChI=1S/C8H6F2INO/c1-4-6(3-13)5(7(9)10)2-12-8(4)11/h2-3,7H,1H3. The molecule has 2 nitrogen and oxygen atoms in total. The number of pyridine rings is 1. The van der Waals surface area contributed by atoms with Crippen molar-refractivity contribution in [3.8, 4) is 0 Å². The summed E-state index contributed by atoms with van der Waals surface area (Å²) in [4.78, 5) is 14.3. The number of aromatic nitrogens is 1. The molecule has 0 fully saturated rings. The zero-order valence-corrected chi connectivity index (χ0v) is 8.88. The fourth-order valence-corrected chi connectivity index (χ4v) is 1.38. The third kappa shape index (κ3) is 2.01. The summed E-state index contributed by atoms with van der Waals surface area (Å²) in [5.74, 6) is 0. The molecule has 13 heavy (non-hydrogen) atoms. The van der Waals surface area contributed by atoms with Crippen molar-refractivity contribution in [1.29, 1.82) is 0 Å². The van der Waals surface area contributed by atoms with E-state index in [1.807, 2.05) is 22.6 Å². The van der Waals surface area contributed by atoms with Crippen LogP contribution in [0.2, 0.25) is 0 Å². The summed E-state index contributed by atoms with van der Waals surface area (Å²) in [6, 6.07) is 0. The van der Waals surface area contributed by atoms with E-state index in [1.165, 1.54) is 0 Å². The Morgan fingerprint density at radius 1 is 1.62 bits per heavy atom. The first-order valence-electron chi connectivity index (χ1n) is 3.46. The monoisotopic (exact) mass is 297 g/mol. The van der Waals surface area contributed by atoms with Crippen molar-refractivity contribution in [2.24, 2.45) is 0 Å². The van der Waals surface area contributed by atoms with Crippen LogP contribution in [0.15, 0.2) is 6.20 Å². The predicted molar refractivity (Wildman–Crippen MR) is 52.0 cm³/mol. The largest absolute Gasteiger partial charge is 0.298 e. The minimum Gasteiger partial charge on any atom is -0.298 e. The van der Waals surface area contributed by atoms with Crippen LogP contribution in [0.3, 0.4) is 0 Å². The molecule has 1 rings (SSSR count). The number of hydrogen-bond donors (Lipinski definition) is 0. The van der Waals surface area contributed by atoms with Crippen LogP contribution < -0.4 is 0 Å².